The standard InChI is InChI=1S/C22H18F3N3O2S/c1-31-17-9-5-8-15(12-17)27-21(30)28-19-11-10-16(13-18(19)22(23,24)25)26-20(29)14-6-3-2-4-7-14/h2-13H,1H3,(H,26,29)(H2,27,28,30). The first-order valence-electron chi connectivity index (χ1n) is 9.06. The fourth-order valence-corrected chi connectivity index (χ4v) is 3.20. The molecule has 0 saturated heterocycles. The Morgan fingerprint density at radius 1 is 0.806 bits per heavy atom. The smallest absolute Gasteiger partial charge is 0.322 e. The van der Waals surface area contributed by atoms with Gasteiger partial charge in [0, 0.05) is 21.8 Å². The zero-order valence-electron chi connectivity index (χ0n) is 16.3. The highest BCUT2D eigenvalue weighted by Gasteiger charge is 2.34. The van der Waals surface area contributed by atoms with Crippen LogP contribution in [-0.4, -0.2) is 18.2 Å². The van der Waals surface area contributed by atoms with E-state index < -0.39 is 29.4 Å². The van der Waals surface area contributed by atoms with E-state index in [4.69, 9.17) is 0 Å². The molecule has 0 atom stereocenters. The Kier molecular flexibility index (Phi) is 6.86. The summed E-state index contributed by atoms with van der Waals surface area (Å²) in [5.41, 5.74) is -0.787. The number of nitrogens with one attached hydrogen (secondary N) is 3. The lowest BCUT2D eigenvalue weighted by Crippen LogP contribution is -2.22. The van der Waals surface area contributed by atoms with Crippen LogP contribution in [0.15, 0.2) is 77.7 Å². The molecule has 31 heavy (non-hydrogen) atoms. The van der Waals surface area contributed by atoms with Gasteiger partial charge in [0.15, 0.2) is 0 Å². The predicted octanol–water partition coefficient (Wildman–Crippen LogP) is 6.32. The molecular weight excluding hydrogens is 427 g/mol. The normalized spacial score (nSPS) is 11.0. The highest BCUT2D eigenvalue weighted by molar-refractivity contribution is 7.98. The molecule has 3 rings (SSSR count). The number of alkyl halides is 3. The molecule has 0 saturated carbocycles. The molecule has 3 aromatic rings. The second-order valence-corrected chi connectivity index (χ2v) is 7.27. The Morgan fingerprint density at radius 3 is 2.19 bits per heavy atom. The van der Waals surface area contributed by atoms with Crippen molar-refractivity contribution in [2.45, 2.75) is 11.1 Å². The number of thioether (sulfide) groups is 1. The minimum absolute atomic E-state index is 0.0418. The maximum Gasteiger partial charge on any atom is 0.418 e. The highest BCUT2D eigenvalue weighted by atomic mass is 32.2. The van der Waals surface area contributed by atoms with E-state index >= 15 is 0 Å². The Hall–Kier alpha value is -3.46. The molecule has 3 N–H and O–H groups in total. The van der Waals surface area contributed by atoms with Gasteiger partial charge in [-0.25, -0.2) is 4.79 Å². The van der Waals surface area contributed by atoms with Gasteiger partial charge in [-0.3, -0.25) is 4.79 Å². The SMILES string of the molecule is CSc1cccc(NC(=O)Nc2ccc(NC(=O)c3ccccc3)cc2C(F)(F)F)c1. The molecule has 160 valence electrons. The van der Waals surface area contributed by atoms with E-state index in [9.17, 15) is 22.8 Å². The van der Waals surface area contributed by atoms with Crippen LogP contribution in [0.4, 0.5) is 35.0 Å². The van der Waals surface area contributed by atoms with Gasteiger partial charge in [-0.1, -0.05) is 24.3 Å². The summed E-state index contributed by atoms with van der Waals surface area (Å²) in [6.07, 6.45) is -2.87. The number of rotatable bonds is 5. The van der Waals surface area contributed by atoms with Gasteiger partial charge in [-0.05, 0) is 54.8 Å². The number of hydrogen-bond donors (Lipinski definition) is 3. The van der Waals surface area contributed by atoms with E-state index in [0.717, 1.165) is 17.0 Å². The van der Waals surface area contributed by atoms with Crippen LogP contribution in [0.1, 0.15) is 15.9 Å². The minimum Gasteiger partial charge on any atom is -0.322 e. The van der Waals surface area contributed by atoms with Crippen molar-refractivity contribution in [1.82, 2.24) is 0 Å². The van der Waals surface area contributed by atoms with Crippen molar-refractivity contribution in [2.75, 3.05) is 22.2 Å². The second kappa shape index (κ2) is 9.57. The van der Waals surface area contributed by atoms with Gasteiger partial charge in [0.05, 0.1) is 11.3 Å². The average molecular weight is 445 g/mol. The number of carbonyl (C=O) groups is 2. The molecule has 0 aliphatic heterocycles. The fourth-order valence-electron chi connectivity index (χ4n) is 2.74. The number of urea groups is 1. The Morgan fingerprint density at radius 2 is 1.52 bits per heavy atom. The number of amides is 3. The summed E-state index contributed by atoms with van der Waals surface area (Å²) in [7, 11) is 0. The van der Waals surface area contributed by atoms with Gasteiger partial charge in [0.1, 0.15) is 0 Å². The Balaban J connectivity index is 1.78. The van der Waals surface area contributed by atoms with E-state index in [1.165, 1.54) is 17.8 Å². The molecule has 5 nitrogen and oxygen atoms in total. The third kappa shape index (κ3) is 6.02. The maximum atomic E-state index is 13.6. The predicted molar refractivity (Wildman–Crippen MR) is 117 cm³/mol. The number of benzene rings is 3. The maximum absolute atomic E-state index is 13.6. The van der Waals surface area contributed by atoms with E-state index in [1.807, 2.05) is 12.3 Å². The first kappa shape index (κ1) is 22.2. The third-order valence-electron chi connectivity index (χ3n) is 4.19. The lowest BCUT2D eigenvalue weighted by molar-refractivity contribution is -0.136. The zero-order valence-corrected chi connectivity index (χ0v) is 17.1. The molecule has 9 heteroatoms. The van der Waals surface area contributed by atoms with Crippen LogP contribution < -0.4 is 16.0 Å². The first-order chi connectivity index (χ1) is 14.8. The topological polar surface area (TPSA) is 70.2 Å². The molecule has 0 radical (unpaired) electrons. The molecular formula is C22H18F3N3O2S. The molecule has 3 amide bonds. The number of anilines is 3. The minimum atomic E-state index is -4.74. The van der Waals surface area contributed by atoms with Crippen molar-refractivity contribution in [3.63, 3.8) is 0 Å². The summed E-state index contributed by atoms with van der Waals surface area (Å²) in [6.45, 7) is 0. The lowest BCUT2D eigenvalue weighted by Gasteiger charge is -2.16. The molecule has 0 fully saturated rings. The molecule has 0 aliphatic rings. The number of hydrogen-bond acceptors (Lipinski definition) is 3. The quantitative estimate of drug-likeness (QED) is 0.402. The largest absolute Gasteiger partial charge is 0.418 e. The van der Waals surface area contributed by atoms with Crippen molar-refractivity contribution >= 4 is 40.8 Å². The van der Waals surface area contributed by atoms with E-state index in [2.05, 4.69) is 16.0 Å². The third-order valence-corrected chi connectivity index (χ3v) is 4.92. The summed E-state index contributed by atoms with van der Waals surface area (Å²) in [4.78, 5) is 25.4. The van der Waals surface area contributed by atoms with Crippen LogP contribution in [0.2, 0.25) is 0 Å². The lowest BCUT2D eigenvalue weighted by atomic mass is 10.1. The average Bonchev–Trinajstić information content (AvgIpc) is 2.74. The number of halogens is 3. The van der Waals surface area contributed by atoms with Crippen LogP contribution in [0.5, 0.6) is 0 Å². The molecule has 0 spiro atoms. The molecule has 0 bridgehead atoms. The van der Waals surface area contributed by atoms with Gasteiger partial charge >= 0.3 is 12.2 Å². The summed E-state index contributed by atoms with van der Waals surface area (Å²) >= 11 is 1.47. The monoisotopic (exact) mass is 445 g/mol. The van der Waals surface area contributed by atoms with Crippen molar-refractivity contribution in [2.24, 2.45) is 0 Å². The van der Waals surface area contributed by atoms with E-state index in [-0.39, 0.29) is 5.69 Å². The van der Waals surface area contributed by atoms with Gasteiger partial charge < -0.3 is 16.0 Å². The first-order valence-corrected chi connectivity index (χ1v) is 10.3. The van der Waals surface area contributed by atoms with Crippen LogP contribution in [0.25, 0.3) is 0 Å². The van der Waals surface area contributed by atoms with Gasteiger partial charge in [0.25, 0.3) is 5.91 Å². The van der Waals surface area contributed by atoms with Crippen molar-refractivity contribution in [1.29, 1.82) is 0 Å². The summed E-state index contributed by atoms with van der Waals surface area (Å²) in [5.74, 6) is -0.541. The van der Waals surface area contributed by atoms with Crippen LogP contribution >= 0.6 is 11.8 Å². The summed E-state index contributed by atoms with van der Waals surface area (Å²) in [5, 5.41) is 7.17. The number of carbonyl (C=O) groups excluding carboxylic acids is 2. The van der Waals surface area contributed by atoms with E-state index in [0.29, 0.717) is 11.3 Å². The molecule has 3 aromatic carbocycles. The highest BCUT2D eigenvalue weighted by Crippen LogP contribution is 2.36. The molecule has 0 unspecified atom stereocenters. The van der Waals surface area contributed by atoms with Crippen molar-refractivity contribution < 1.29 is 22.8 Å². The summed E-state index contributed by atoms with van der Waals surface area (Å²) in [6, 6.07) is 17.4. The van der Waals surface area contributed by atoms with Crippen molar-refractivity contribution in [3.05, 3.63) is 83.9 Å². The van der Waals surface area contributed by atoms with E-state index in [1.54, 1.807) is 48.5 Å². The molecule has 0 aromatic heterocycles. The Labute approximate surface area is 181 Å². The summed E-state index contributed by atoms with van der Waals surface area (Å²) < 4.78 is 40.7. The van der Waals surface area contributed by atoms with Crippen LogP contribution in [-0.2, 0) is 6.18 Å². The van der Waals surface area contributed by atoms with Crippen LogP contribution in [0, 0.1) is 0 Å². The van der Waals surface area contributed by atoms with Gasteiger partial charge in [0.2, 0.25) is 0 Å². The van der Waals surface area contributed by atoms with Crippen molar-refractivity contribution in [3.8, 4) is 0 Å². The van der Waals surface area contributed by atoms with Crippen LogP contribution in [0.3, 0.4) is 0 Å². The molecule has 0 aliphatic carbocycles. The zero-order chi connectivity index (χ0) is 22.4. The molecule has 0 heterocycles. The van der Waals surface area contributed by atoms with Gasteiger partial charge in [-0.15, -0.1) is 11.8 Å². The van der Waals surface area contributed by atoms with Gasteiger partial charge in [-0.2, -0.15) is 13.2 Å². The second-order valence-electron chi connectivity index (χ2n) is 6.39. The Bertz CT molecular complexity index is 1090. The fraction of sp³-hybridized carbons (Fsp3) is 0.0909.